The fourth-order valence-electron chi connectivity index (χ4n) is 2.64. The van der Waals surface area contributed by atoms with E-state index in [1.54, 1.807) is 6.92 Å². The smallest absolute Gasteiger partial charge is 0.460 e. The molecule has 0 bridgehead atoms. The molecule has 2 rings (SSSR count). The number of amides is 1. The lowest BCUT2D eigenvalue weighted by Gasteiger charge is -2.26. The molecule has 1 N–H and O–H groups in total. The van der Waals surface area contributed by atoms with Crippen molar-refractivity contribution < 1.29 is 45.1 Å². The van der Waals surface area contributed by atoms with Gasteiger partial charge in [0.05, 0.1) is 12.2 Å². The van der Waals surface area contributed by atoms with Gasteiger partial charge in [-0.2, -0.15) is 30.7 Å². The zero-order valence-corrected chi connectivity index (χ0v) is 15.3. The van der Waals surface area contributed by atoms with Gasteiger partial charge in [0.15, 0.2) is 0 Å². The van der Waals surface area contributed by atoms with Crippen LogP contribution in [-0.2, 0) is 22.4 Å². The maximum Gasteiger partial charge on any atom is 0.460 e. The van der Waals surface area contributed by atoms with Crippen molar-refractivity contribution in [3.63, 3.8) is 0 Å². The van der Waals surface area contributed by atoms with E-state index < -0.39 is 34.9 Å². The molecule has 1 aromatic rings. The molecule has 1 amide bonds. The van der Waals surface area contributed by atoms with Gasteiger partial charge in [0.1, 0.15) is 5.00 Å². The largest absolute Gasteiger partial charge is 0.462 e. The summed E-state index contributed by atoms with van der Waals surface area (Å²) in [5, 5.41) is 0.874. The fourth-order valence-corrected chi connectivity index (χ4v) is 3.91. The molecule has 1 aliphatic carbocycles. The second kappa shape index (κ2) is 7.88. The van der Waals surface area contributed by atoms with Crippen LogP contribution in [0.4, 0.5) is 35.7 Å². The van der Waals surface area contributed by atoms with Crippen LogP contribution >= 0.6 is 11.3 Å². The Bertz CT molecular complexity index is 758. The average molecular weight is 435 g/mol. The zero-order chi connectivity index (χ0) is 21.3. The predicted molar refractivity (Wildman–Crippen MR) is 86.1 cm³/mol. The third-order valence-corrected chi connectivity index (χ3v) is 5.28. The standard InChI is InChI=1S/C16H16F7NO3S/c1-2-7-27-12(25)10-8-5-3-4-6-9(8)28-11(10)24-13(26)14(17,18)15(19,20)16(21,22)23/h2-7H2,1H3,(H,24,26). The molecule has 28 heavy (non-hydrogen) atoms. The molecule has 12 heteroatoms. The van der Waals surface area contributed by atoms with E-state index in [1.807, 2.05) is 0 Å². The molecule has 0 radical (unpaired) electrons. The molecule has 158 valence electrons. The van der Waals surface area contributed by atoms with Gasteiger partial charge in [-0.3, -0.25) is 4.79 Å². The van der Waals surface area contributed by atoms with Crippen LogP contribution in [0.5, 0.6) is 0 Å². The van der Waals surface area contributed by atoms with Crippen molar-refractivity contribution in [1.82, 2.24) is 0 Å². The first-order valence-corrected chi connectivity index (χ1v) is 9.11. The van der Waals surface area contributed by atoms with Crippen LogP contribution in [0.1, 0.15) is 47.0 Å². The first-order valence-electron chi connectivity index (χ1n) is 8.30. The lowest BCUT2D eigenvalue weighted by molar-refractivity contribution is -0.343. The SMILES string of the molecule is CCCOC(=O)c1c(NC(=O)C(F)(F)C(F)(F)C(F)(F)F)sc2c1CCCC2. The minimum absolute atomic E-state index is 0.0147. The summed E-state index contributed by atoms with van der Waals surface area (Å²) in [5.74, 6) is -16.5. The van der Waals surface area contributed by atoms with Gasteiger partial charge in [-0.05, 0) is 37.7 Å². The number of anilines is 1. The topological polar surface area (TPSA) is 55.4 Å². The summed E-state index contributed by atoms with van der Waals surface area (Å²) in [4.78, 5) is 24.5. The average Bonchev–Trinajstić information content (AvgIpc) is 2.96. The van der Waals surface area contributed by atoms with Crippen molar-refractivity contribution in [2.75, 3.05) is 11.9 Å². The Morgan fingerprint density at radius 3 is 2.25 bits per heavy atom. The molecular formula is C16H16F7NO3S. The summed E-state index contributed by atoms with van der Waals surface area (Å²) in [6, 6.07) is 0. The second-order valence-corrected chi connectivity index (χ2v) is 7.26. The molecule has 0 aromatic carbocycles. The molecule has 0 aliphatic heterocycles. The fraction of sp³-hybridized carbons (Fsp3) is 0.625. The third kappa shape index (κ3) is 3.96. The number of rotatable bonds is 6. The Hall–Kier alpha value is -1.85. The summed E-state index contributed by atoms with van der Waals surface area (Å²) in [6.45, 7) is 1.68. The zero-order valence-electron chi connectivity index (χ0n) is 14.5. The van der Waals surface area contributed by atoms with Crippen LogP contribution in [-0.4, -0.2) is 36.5 Å². The number of fused-ring (bicyclic) bond motifs is 1. The molecule has 0 saturated carbocycles. The Labute approximate surface area is 159 Å². The summed E-state index contributed by atoms with van der Waals surface area (Å²) < 4.78 is 95.2. The molecule has 0 atom stereocenters. The molecule has 0 unspecified atom stereocenters. The van der Waals surface area contributed by atoms with Crippen molar-refractivity contribution in [2.45, 2.75) is 57.0 Å². The van der Waals surface area contributed by atoms with Gasteiger partial charge in [-0.1, -0.05) is 6.92 Å². The van der Waals surface area contributed by atoms with Crippen molar-refractivity contribution in [2.24, 2.45) is 0 Å². The van der Waals surface area contributed by atoms with Gasteiger partial charge in [-0.25, -0.2) is 4.79 Å². The highest BCUT2D eigenvalue weighted by Crippen LogP contribution is 2.47. The monoisotopic (exact) mass is 435 g/mol. The van der Waals surface area contributed by atoms with Crippen LogP contribution in [0.15, 0.2) is 0 Å². The van der Waals surface area contributed by atoms with E-state index in [-0.39, 0.29) is 12.2 Å². The van der Waals surface area contributed by atoms with Crippen molar-refractivity contribution in [1.29, 1.82) is 0 Å². The Morgan fingerprint density at radius 1 is 1.07 bits per heavy atom. The minimum atomic E-state index is -6.63. The van der Waals surface area contributed by atoms with Crippen LogP contribution in [0, 0.1) is 0 Å². The van der Waals surface area contributed by atoms with E-state index in [4.69, 9.17) is 4.74 Å². The number of nitrogens with one attached hydrogen (secondary N) is 1. The first kappa shape index (κ1) is 22.4. The Balaban J connectivity index is 2.39. The number of carbonyl (C=O) groups is 2. The van der Waals surface area contributed by atoms with Crippen LogP contribution in [0.25, 0.3) is 0 Å². The molecule has 0 saturated heterocycles. The minimum Gasteiger partial charge on any atom is -0.462 e. The van der Waals surface area contributed by atoms with Crippen LogP contribution < -0.4 is 5.32 Å². The Kier molecular flexibility index (Phi) is 6.31. The molecule has 0 fully saturated rings. The highest BCUT2D eigenvalue weighted by molar-refractivity contribution is 7.17. The lowest BCUT2D eigenvalue weighted by Crippen LogP contribution is -2.57. The molecular weight excluding hydrogens is 419 g/mol. The molecule has 1 aromatic heterocycles. The maximum absolute atomic E-state index is 13.6. The lowest BCUT2D eigenvalue weighted by atomic mass is 9.95. The molecule has 4 nitrogen and oxygen atoms in total. The first-order chi connectivity index (χ1) is 12.8. The van der Waals surface area contributed by atoms with Gasteiger partial charge in [0.25, 0.3) is 0 Å². The van der Waals surface area contributed by atoms with Gasteiger partial charge in [-0.15, -0.1) is 11.3 Å². The Morgan fingerprint density at radius 2 is 1.68 bits per heavy atom. The van der Waals surface area contributed by atoms with Crippen LogP contribution in [0.3, 0.4) is 0 Å². The number of esters is 1. The number of carbonyl (C=O) groups excluding carboxylic acids is 2. The number of alkyl halides is 7. The summed E-state index contributed by atoms with van der Waals surface area (Å²) >= 11 is 0.694. The van der Waals surface area contributed by atoms with Gasteiger partial charge in [0, 0.05) is 4.88 Å². The van der Waals surface area contributed by atoms with E-state index in [0.29, 0.717) is 53.9 Å². The normalized spacial score (nSPS) is 15.1. The third-order valence-electron chi connectivity index (χ3n) is 4.08. The number of thiophene rings is 1. The second-order valence-electron chi connectivity index (χ2n) is 6.15. The highest BCUT2D eigenvalue weighted by atomic mass is 32.1. The maximum atomic E-state index is 13.6. The quantitative estimate of drug-likeness (QED) is 0.507. The predicted octanol–water partition coefficient (Wildman–Crippen LogP) is 4.97. The van der Waals surface area contributed by atoms with E-state index in [2.05, 4.69) is 0 Å². The molecule has 0 spiro atoms. The van der Waals surface area contributed by atoms with Crippen molar-refractivity contribution in [3.8, 4) is 0 Å². The van der Waals surface area contributed by atoms with Crippen molar-refractivity contribution >= 4 is 28.2 Å². The van der Waals surface area contributed by atoms with E-state index in [0.717, 1.165) is 0 Å². The van der Waals surface area contributed by atoms with E-state index in [9.17, 15) is 40.3 Å². The number of halogens is 7. The summed E-state index contributed by atoms with van der Waals surface area (Å²) in [5.41, 5.74) is 0.158. The number of ether oxygens (including phenoxy) is 1. The van der Waals surface area contributed by atoms with Crippen molar-refractivity contribution in [3.05, 3.63) is 16.0 Å². The number of hydrogen-bond acceptors (Lipinski definition) is 4. The van der Waals surface area contributed by atoms with Gasteiger partial charge >= 0.3 is 29.9 Å². The highest BCUT2D eigenvalue weighted by Gasteiger charge is 2.76. The van der Waals surface area contributed by atoms with Crippen LogP contribution in [0.2, 0.25) is 0 Å². The molecule has 1 heterocycles. The van der Waals surface area contributed by atoms with E-state index in [1.165, 1.54) is 5.32 Å². The van der Waals surface area contributed by atoms with E-state index >= 15 is 0 Å². The van der Waals surface area contributed by atoms with Gasteiger partial charge in [0.2, 0.25) is 0 Å². The number of hydrogen-bond donors (Lipinski definition) is 1. The molecule has 1 aliphatic rings. The number of aryl methyl sites for hydroxylation is 1. The van der Waals surface area contributed by atoms with Gasteiger partial charge < -0.3 is 10.1 Å². The summed E-state index contributed by atoms with van der Waals surface area (Å²) in [6.07, 6.45) is -3.99. The summed E-state index contributed by atoms with van der Waals surface area (Å²) in [7, 11) is 0.